The van der Waals surface area contributed by atoms with E-state index in [1.54, 1.807) is 0 Å². The van der Waals surface area contributed by atoms with Crippen molar-refractivity contribution in [3.8, 4) is 0 Å². The van der Waals surface area contributed by atoms with Crippen molar-refractivity contribution < 1.29 is 4.79 Å². The number of rotatable bonds is 0. The summed E-state index contributed by atoms with van der Waals surface area (Å²) in [5.74, 6) is 1.41. The summed E-state index contributed by atoms with van der Waals surface area (Å²) < 4.78 is 1.82. The first-order valence-electron chi connectivity index (χ1n) is 4.35. The molecule has 2 nitrogen and oxygen atoms in total. The fourth-order valence-corrected chi connectivity index (χ4v) is 2.77. The monoisotopic (exact) mass is 171 g/mol. The molecule has 0 spiro atoms. The Bertz CT molecular complexity index is 183. The summed E-state index contributed by atoms with van der Waals surface area (Å²) in [6, 6.07) is 0. The van der Waals surface area contributed by atoms with E-state index < -0.39 is 0 Å². The first-order valence-corrected chi connectivity index (χ1v) is 4.87. The molecular formula is C8H14NOP. The van der Waals surface area contributed by atoms with Gasteiger partial charge in [0, 0.05) is 12.5 Å². The lowest BCUT2D eigenvalue weighted by Gasteiger charge is -2.21. The molecule has 62 valence electrons. The Morgan fingerprint density at radius 1 is 1.36 bits per heavy atom. The zero-order chi connectivity index (χ0) is 7.84. The second kappa shape index (κ2) is 2.75. The van der Waals surface area contributed by atoms with E-state index in [1.807, 2.05) is 4.67 Å². The summed E-state index contributed by atoms with van der Waals surface area (Å²) in [5, 5.41) is 0. The van der Waals surface area contributed by atoms with Gasteiger partial charge in [0.15, 0.2) is 0 Å². The number of carbonyl (C=O) groups is 1. The minimum absolute atomic E-state index is 0.361. The highest BCUT2D eigenvalue weighted by molar-refractivity contribution is 7.14. The maximum Gasteiger partial charge on any atom is 0.228 e. The van der Waals surface area contributed by atoms with Crippen molar-refractivity contribution >= 4 is 15.3 Å². The number of amides is 1. The zero-order valence-electron chi connectivity index (χ0n) is 6.62. The van der Waals surface area contributed by atoms with Gasteiger partial charge in [0.05, 0.1) is 0 Å². The van der Waals surface area contributed by atoms with Gasteiger partial charge in [-0.25, -0.2) is 0 Å². The topological polar surface area (TPSA) is 20.3 Å². The Balaban J connectivity index is 2.11. The van der Waals surface area contributed by atoms with Gasteiger partial charge in [-0.2, -0.15) is 0 Å². The van der Waals surface area contributed by atoms with E-state index in [4.69, 9.17) is 0 Å². The Labute approximate surface area is 69.6 Å². The molecule has 1 saturated carbocycles. The molecule has 3 heteroatoms. The van der Waals surface area contributed by atoms with Crippen molar-refractivity contribution in [3.05, 3.63) is 0 Å². The largest absolute Gasteiger partial charge is 0.327 e. The zero-order valence-corrected chi connectivity index (χ0v) is 7.78. The minimum atomic E-state index is 0.361. The van der Waals surface area contributed by atoms with E-state index in [1.165, 1.54) is 19.3 Å². The molecule has 1 aliphatic carbocycles. The van der Waals surface area contributed by atoms with Crippen LogP contribution >= 0.6 is 9.39 Å². The lowest BCUT2D eigenvalue weighted by atomic mass is 9.81. The van der Waals surface area contributed by atoms with E-state index in [-0.39, 0.29) is 0 Å². The fraction of sp³-hybridized carbons (Fsp3) is 0.875. The molecule has 1 heterocycles. The third-order valence-electron chi connectivity index (χ3n) is 2.94. The van der Waals surface area contributed by atoms with Crippen LogP contribution in [0.1, 0.15) is 25.7 Å². The Hall–Kier alpha value is -0.100. The van der Waals surface area contributed by atoms with Gasteiger partial charge < -0.3 is 4.67 Å². The van der Waals surface area contributed by atoms with Crippen molar-refractivity contribution in [2.45, 2.75) is 25.7 Å². The molecule has 1 aliphatic heterocycles. The average Bonchev–Trinajstić information content (AvgIpc) is 2.30. The van der Waals surface area contributed by atoms with Gasteiger partial charge in [-0.1, -0.05) is 12.8 Å². The molecule has 3 unspecified atom stereocenters. The lowest BCUT2D eigenvalue weighted by Crippen LogP contribution is -2.20. The molecule has 0 N–H and O–H groups in total. The molecule has 0 aromatic carbocycles. The summed E-state index contributed by atoms with van der Waals surface area (Å²) in [7, 11) is 2.53. The predicted octanol–water partition coefficient (Wildman–Crippen LogP) is 1.43. The molecule has 0 radical (unpaired) electrons. The Morgan fingerprint density at radius 3 is 2.82 bits per heavy atom. The molecular weight excluding hydrogens is 157 g/mol. The van der Waals surface area contributed by atoms with Crippen LogP contribution in [-0.4, -0.2) is 17.1 Å². The van der Waals surface area contributed by atoms with Gasteiger partial charge in [-0.05, 0) is 28.2 Å². The first kappa shape index (κ1) is 7.54. The highest BCUT2D eigenvalue weighted by Crippen LogP contribution is 2.37. The van der Waals surface area contributed by atoms with E-state index in [2.05, 4.69) is 9.39 Å². The van der Waals surface area contributed by atoms with E-state index in [9.17, 15) is 4.79 Å². The standard InChI is InChI=1S/C8H14NOP/c10-8-7-4-2-1-3-6(7)5-9(8)11/h6-7H,1-5,11H2. The first-order chi connectivity index (χ1) is 5.29. The summed E-state index contributed by atoms with van der Waals surface area (Å²) in [6.45, 7) is 0.980. The molecule has 0 aromatic heterocycles. The quantitative estimate of drug-likeness (QED) is 0.505. The predicted molar refractivity (Wildman–Crippen MR) is 46.9 cm³/mol. The SMILES string of the molecule is O=C1C2CCCCC2CN1P. The molecule has 1 saturated heterocycles. The molecule has 1 amide bonds. The third kappa shape index (κ3) is 1.18. The normalized spacial score (nSPS) is 37.5. The van der Waals surface area contributed by atoms with Crippen LogP contribution in [0, 0.1) is 11.8 Å². The summed E-state index contributed by atoms with van der Waals surface area (Å²) in [6.07, 6.45) is 4.98. The van der Waals surface area contributed by atoms with Gasteiger partial charge >= 0.3 is 0 Å². The molecule has 11 heavy (non-hydrogen) atoms. The third-order valence-corrected chi connectivity index (χ3v) is 3.41. The van der Waals surface area contributed by atoms with Crippen LogP contribution in [0.5, 0.6) is 0 Å². The van der Waals surface area contributed by atoms with Crippen molar-refractivity contribution in [3.63, 3.8) is 0 Å². The minimum Gasteiger partial charge on any atom is -0.327 e. The van der Waals surface area contributed by atoms with Gasteiger partial charge in [0.2, 0.25) is 5.91 Å². The van der Waals surface area contributed by atoms with Crippen LogP contribution in [0.3, 0.4) is 0 Å². The van der Waals surface area contributed by atoms with E-state index in [0.717, 1.165) is 13.0 Å². The second-order valence-corrected chi connectivity index (χ2v) is 4.26. The number of carbonyl (C=O) groups excluding carboxylic acids is 1. The number of hydrogen-bond donors (Lipinski definition) is 0. The highest BCUT2D eigenvalue weighted by Gasteiger charge is 2.39. The van der Waals surface area contributed by atoms with Gasteiger partial charge in [-0.3, -0.25) is 4.79 Å². The van der Waals surface area contributed by atoms with E-state index in [0.29, 0.717) is 17.7 Å². The molecule has 0 aromatic rings. The lowest BCUT2D eigenvalue weighted by molar-refractivity contribution is -0.127. The molecule has 2 fully saturated rings. The van der Waals surface area contributed by atoms with Gasteiger partial charge in [0.25, 0.3) is 0 Å². The van der Waals surface area contributed by atoms with Crippen LogP contribution < -0.4 is 0 Å². The summed E-state index contributed by atoms with van der Waals surface area (Å²) in [4.78, 5) is 11.4. The second-order valence-electron chi connectivity index (χ2n) is 3.64. The molecule has 3 atom stereocenters. The summed E-state index contributed by atoms with van der Waals surface area (Å²) >= 11 is 0. The van der Waals surface area contributed by atoms with Crippen molar-refractivity contribution in [2.75, 3.05) is 6.54 Å². The number of fused-ring (bicyclic) bond motifs is 1. The highest BCUT2D eigenvalue weighted by atomic mass is 31.0. The van der Waals surface area contributed by atoms with Gasteiger partial charge in [0.1, 0.15) is 0 Å². The van der Waals surface area contributed by atoms with Crippen LogP contribution in [0.4, 0.5) is 0 Å². The number of nitrogens with zero attached hydrogens (tertiary/aromatic N) is 1. The number of hydrogen-bond acceptors (Lipinski definition) is 1. The Morgan fingerprint density at radius 2 is 2.09 bits per heavy atom. The summed E-state index contributed by atoms with van der Waals surface area (Å²) in [5.41, 5.74) is 0. The van der Waals surface area contributed by atoms with Crippen LogP contribution in [-0.2, 0) is 4.79 Å². The van der Waals surface area contributed by atoms with Crippen molar-refractivity contribution in [1.82, 2.24) is 4.67 Å². The maximum absolute atomic E-state index is 11.4. The maximum atomic E-state index is 11.4. The molecule has 0 bridgehead atoms. The van der Waals surface area contributed by atoms with E-state index >= 15 is 0 Å². The van der Waals surface area contributed by atoms with Crippen molar-refractivity contribution in [2.24, 2.45) is 11.8 Å². The van der Waals surface area contributed by atoms with Crippen LogP contribution in [0.25, 0.3) is 0 Å². The smallest absolute Gasteiger partial charge is 0.228 e. The van der Waals surface area contributed by atoms with Crippen molar-refractivity contribution in [1.29, 1.82) is 0 Å². The van der Waals surface area contributed by atoms with Crippen LogP contribution in [0.2, 0.25) is 0 Å². The van der Waals surface area contributed by atoms with Crippen LogP contribution in [0.15, 0.2) is 0 Å². The molecule has 2 aliphatic rings. The van der Waals surface area contributed by atoms with Gasteiger partial charge in [-0.15, -0.1) is 0 Å². The molecule has 2 rings (SSSR count). The fourth-order valence-electron chi connectivity index (χ4n) is 2.31. The average molecular weight is 171 g/mol. The Kier molecular flexibility index (Phi) is 1.88.